The summed E-state index contributed by atoms with van der Waals surface area (Å²) in [6.45, 7) is 2.37. The number of rotatable bonds is 1. The molecule has 0 aromatic heterocycles. The molecule has 1 heterocycles. The number of likely N-dealkylation sites (tertiary alicyclic amines) is 1. The maximum atomic E-state index is 9.80. The predicted octanol–water partition coefficient (Wildman–Crippen LogP) is 0.851. The van der Waals surface area contributed by atoms with Gasteiger partial charge in [-0.05, 0) is 37.5 Å². The van der Waals surface area contributed by atoms with E-state index in [9.17, 15) is 5.11 Å². The molecule has 0 aromatic rings. The summed E-state index contributed by atoms with van der Waals surface area (Å²) >= 11 is 0. The average Bonchev–Trinajstić information content (AvgIpc) is 2.87. The van der Waals surface area contributed by atoms with Crippen LogP contribution in [0.25, 0.3) is 0 Å². The molecule has 2 saturated carbocycles. The van der Waals surface area contributed by atoms with Crippen molar-refractivity contribution in [2.45, 2.75) is 37.8 Å². The van der Waals surface area contributed by atoms with Crippen LogP contribution >= 0.6 is 0 Å². The van der Waals surface area contributed by atoms with E-state index < -0.39 is 0 Å². The molecule has 2 nitrogen and oxygen atoms in total. The molecular weight excluding hydrogens is 150 g/mol. The Balaban J connectivity index is 1.73. The topological polar surface area (TPSA) is 23.5 Å². The molecule has 3 aliphatic rings. The second-order valence-electron chi connectivity index (χ2n) is 4.77. The Kier molecular flexibility index (Phi) is 1.50. The Bertz CT molecular complexity index is 176. The van der Waals surface area contributed by atoms with Crippen LogP contribution in [0.4, 0.5) is 0 Å². The van der Waals surface area contributed by atoms with Gasteiger partial charge in [-0.1, -0.05) is 0 Å². The molecule has 0 unspecified atom stereocenters. The smallest absolute Gasteiger partial charge is 0.0620 e. The second kappa shape index (κ2) is 2.46. The van der Waals surface area contributed by atoms with Crippen LogP contribution in [0.15, 0.2) is 0 Å². The Morgan fingerprint density at radius 1 is 0.917 bits per heavy atom. The SMILES string of the molecule is OC1[C@@H]2CC[C@@H]1CN(C1CC1)C2. The highest BCUT2D eigenvalue weighted by Gasteiger charge is 2.44. The number of piperidine rings is 1. The van der Waals surface area contributed by atoms with Gasteiger partial charge in [-0.25, -0.2) is 0 Å². The first-order valence-corrected chi connectivity index (χ1v) is 5.27. The lowest BCUT2D eigenvalue weighted by Crippen LogP contribution is -2.45. The summed E-state index contributed by atoms with van der Waals surface area (Å²) in [5.41, 5.74) is 0. The molecule has 3 fully saturated rings. The Labute approximate surface area is 73.6 Å². The molecule has 0 amide bonds. The molecule has 1 N–H and O–H groups in total. The summed E-state index contributed by atoms with van der Waals surface area (Å²) < 4.78 is 0. The van der Waals surface area contributed by atoms with Crippen molar-refractivity contribution in [2.75, 3.05) is 13.1 Å². The van der Waals surface area contributed by atoms with Crippen LogP contribution in [0.1, 0.15) is 25.7 Å². The molecule has 2 aliphatic carbocycles. The van der Waals surface area contributed by atoms with Gasteiger partial charge in [0, 0.05) is 19.1 Å². The molecule has 2 heteroatoms. The van der Waals surface area contributed by atoms with Gasteiger partial charge in [-0.15, -0.1) is 0 Å². The fourth-order valence-electron chi connectivity index (χ4n) is 2.97. The Morgan fingerprint density at radius 2 is 1.50 bits per heavy atom. The van der Waals surface area contributed by atoms with Gasteiger partial charge < -0.3 is 5.11 Å². The average molecular weight is 167 g/mol. The van der Waals surface area contributed by atoms with Crippen LogP contribution < -0.4 is 0 Å². The van der Waals surface area contributed by atoms with Crippen molar-refractivity contribution in [1.29, 1.82) is 0 Å². The summed E-state index contributed by atoms with van der Waals surface area (Å²) in [7, 11) is 0. The number of aliphatic hydroxyl groups is 1. The minimum atomic E-state index is 0.0417. The Hall–Kier alpha value is -0.0800. The zero-order valence-corrected chi connectivity index (χ0v) is 7.45. The third-order valence-corrected chi connectivity index (χ3v) is 3.88. The van der Waals surface area contributed by atoms with Crippen LogP contribution in [0.3, 0.4) is 0 Å². The summed E-state index contributed by atoms with van der Waals surface area (Å²) in [6, 6.07) is 0.903. The number of hydrogen-bond donors (Lipinski definition) is 1. The molecule has 3 rings (SSSR count). The van der Waals surface area contributed by atoms with Crippen molar-refractivity contribution in [3.63, 3.8) is 0 Å². The quantitative estimate of drug-likeness (QED) is 0.626. The number of nitrogens with zero attached hydrogens (tertiary/aromatic N) is 1. The molecule has 0 spiro atoms. The van der Waals surface area contributed by atoms with Gasteiger partial charge in [0.1, 0.15) is 0 Å². The van der Waals surface area contributed by atoms with E-state index >= 15 is 0 Å². The van der Waals surface area contributed by atoms with E-state index in [1.54, 1.807) is 0 Å². The number of hydrogen-bond acceptors (Lipinski definition) is 2. The minimum Gasteiger partial charge on any atom is -0.392 e. The molecule has 1 saturated heterocycles. The Morgan fingerprint density at radius 3 is 2.00 bits per heavy atom. The zero-order valence-electron chi connectivity index (χ0n) is 7.45. The van der Waals surface area contributed by atoms with Gasteiger partial charge in [-0.3, -0.25) is 4.90 Å². The fraction of sp³-hybridized carbons (Fsp3) is 1.00. The fourth-order valence-corrected chi connectivity index (χ4v) is 2.97. The third-order valence-electron chi connectivity index (χ3n) is 3.88. The molecule has 0 aromatic carbocycles. The van der Waals surface area contributed by atoms with E-state index in [1.165, 1.54) is 38.8 Å². The van der Waals surface area contributed by atoms with Crippen molar-refractivity contribution in [2.24, 2.45) is 11.8 Å². The second-order valence-corrected chi connectivity index (χ2v) is 4.77. The van der Waals surface area contributed by atoms with Crippen molar-refractivity contribution in [3.05, 3.63) is 0 Å². The van der Waals surface area contributed by atoms with E-state index in [-0.39, 0.29) is 6.10 Å². The van der Waals surface area contributed by atoms with Gasteiger partial charge in [0.15, 0.2) is 0 Å². The predicted molar refractivity (Wildman–Crippen MR) is 46.8 cm³/mol. The van der Waals surface area contributed by atoms with Crippen molar-refractivity contribution >= 4 is 0 Å². The molecule has 12 heavy (non-hydrogen) atoms. The molecule has 1 aliphatic heterocycles. The van der Waals surface area contributed by atoms with Crippen molar-refractivity contribution < 1.29 is 5.11 Å². The number of fused-ring (bicyclic) bond motifs is 2. The zero-order chi connectivity index (χ0) is 8.13. The normalized spacial score (nSPS) is 48.2. The van der Waals surface area contributed by atoms with Crippen LogP contribution in [-0.4, -0.2) is 35.2 Å². The van der Waals surface area contributed by atoms with Crippen LogP contribution in [0, 0.1) is 11.8 Å². The summed E-state index contributed by atoms with van der Waals surface area (Å²) in [6.07, 6.45) is 5.41. The molecule has 68 valence electrons. The van der Waals surface area contributed by atoms with Crippen LogP contribution in [-0.2, 0) is 0 Å². The standard InChI is InChI=1S/C10H17NO/c12-10-7-1-2-8(10)6-11(5-7)9-3-4-9/h7-10,12H,1-6H2/t7-,8-/m1/s1. The molecule has 0 radical (unpaired) electrons. The highest BCUT2D eigenvalue weighted by Crippen LogP contribution is 2.40. The summed E-state index contributed by atoms with van der Waals surface area (Å²) in [5.74, 6) is 1.23. The first kappa shape index (κ1) is 7.34. The summed E-state index contributed by atoms with van der Waals surface area (Å²) in [4.78, 5) is 2.62. The third kappa shape index (κ3) is 1.01. The lowest BCUT2D eigenvalue weighted by atomic mass is 9.95. The first-order valence-electron chi connectivity index (χ1n) is 5.27. The van der Waals surface area contributed by atoms with E-state index in [4.69, 9.17) is 0 Å². The lowest BCUT2D eigenvalue weighted by Gasteiger charge is -2.35. The maximum Gasteiger partial charge on any atom is 0.0620 e. The largest absolute Gasteiger partial charge is 0.392 e. The lowest BCUT2D eigenvalue weighted by molar-refractivity contribution is 0.0138. The highest BCUT2D eigenvalue weighted by molar-refractivity contribution is 4.97. The van der Waals surface area contributed by atoms with Gasteiger partial charge in [0.05, 0.1) is 6.10 Å². The molecule has 2 atom stereocenters. The van der Waals surface area contributed by atoms with E-state index in [0.717, 1.165) is 6.04 Å². The molecular formula is C10H17NO. The van der Waals surface area contributed by atoms with E-state index in [1.807, 2.05) is 0 Å². The van der Waals surface area contributed by atoms with Gasteiger partial charge in [0.25, 0.3) is 0 Å². The minimum absolute atomic E-state index is 0.0417. The maximum absolute atomic E-state index is 9.80. The highest BCUT2D eigenvalue weighted by atomic mass is 16.3. The summed E-state index contributed by atoms with van der Waals surface area (Å²) in [5, 5.41) is 9.80. The van der Waals surface area contributed by atoms with Crippen molar-refractivity contribution in [3.8, 4) is 0 Å². The van der Waals surface area contributed by atoms with E-state index in [2.05, 4.69) is 4.90 Å². The number of aliphatic hydroxyl groups excluding tert-OH is 1. The van der Waals surface area contributed by atoms with Crippen LogP contribution in [0.2, 0.25) is 0 Å². The van der Waals surface area contributed by atoms with Gasteiger partial charge in [-0.2, -0.15) is 0 Å². The van der Waals surface area contributed by atoms with E-state index in [0.29, 0.717) is 11.8 Å². The molecule has 2 bridgehead atoms. The van der Waals surface area contributed by atoms with Crippen LogP contribution in [0.5, 0.6) is 0 Å². The van der Waals surface area contributed by atoms with Crippen molar-refractivity contribution in [1.82, 2.24) is 4.90 Å². The first-order chi connectivity index (χ1) is 5.84. The van der Waals surface area contributed by atoms with Gasteiger partial charge in [0.2, 0.25) is 0 Å². The van der Waals surface area contributed by atoms with Gasteiger partial charge >= 0.3 is 0 Å². The monoisotopic (exact) mass is 167 g/mol.